The topological polar surface area (TPSA) is 77.3 Å². The minimum Gasteiger partial charge on any atom is -0.449 e. The highest BCUT2D eigenvalue weighted by molar-refractivity contribution is 7.13. The van der Waals surface area contributed by atoms with Gasteiger partial charge in [-0.3, -0.25) is 4.79 Å². The third-order valence-corrected chi connectivity index (χ3v) is 7.71. The van der Waals surface area contributed by atoms with Crippen LogP contribution in [0.5, 0.6) is 0 Å². The highest BCUT2D eigenvalue weighted by Gasteiger charge is 2.30. The Kier molecular flexibility index (Phi) is 6.25. The van der Waals surface area contributed by atoms with Crippen LogP contribution >= 0.6 is 11.3 Å². The van der Waals surface area contributed by atoms with E-state index in [0.717, 1.165) is 34.7 Å². The highest BCUT2D eigenvalue weighted by Crippen LogP contribution is 2.32. The van der Waals surface area contributed by atoms with E-state index in [4.69, 9.17) is 14.8 Å². The van der Waals surface area contributed by atoms with Gasteiger partial charge in [0.1, 0.15) is 0 Å². The molecule has 0 spiro atoms. The zero-order valence-electron chi connectivity index (χ0n) is 21.1. The number of benzene rings is 2. The molecular weight excluding hydrogens is 496 g/mol. The average Bonchev–Trinajstić information content (AvgIpc) is 3.61. The molecule has 0 bridgehead atoms. The second-order valence-corrected chi connectivity index (χ2v) is 10.3. The van der Waals surface area contributed by atoms with Gasteiger partial charge in [-0.05, 0) is 68.0 Å². The number of rotatable bonds is 5. The first-order chi connectivity index (χ1) is 18.5. The van der Waals surface area contributed by atoms with Gasteiger partial charge in [0, 0.05) is 12.2 Å². The first-order valence-electron chi connectivity index (χ1n) is 12.6. The molecule has 1 amide bonds. The van der Waals surface area contributed by atoms with E-state index in [1.807, 2.05) is 79.0 Å². The summed E-state index contributed by atoms with van der Waals surface area (Å²) in [6.45, 7) is 4.09. The van der Waals surface area contributed by atoms with E-state index in [0.29, 0.717) is 34.5 Å². The molecule has 3 aromatic heterocycles. The monoisotopic (exact) mass is 522 g/mol. The van der Waals surface area contributed by atoms with Gasteiger partial charge in [0.2, 0.25) is 0 Å². The molecule has 38 heavy (non-hydrogen) atoms. The lowest BCUT2D eigenvalue weighted by Crippen LogP contribution is -2.42. The lowest BCUT2D eigenvalue weighted by atomic mass is 10.0. The van der Waals surface area contributed by atoms with Crippen LogP contribution in [0.15, 0.2) is 78.2 Å². The lowest BCUT2D eigenvalue weighted by Gasteiger charge is -2.31. The van der Waals surface area contributed by atoms with Crippen LogP contribution in [0, 0.1) is 6.92 Å². The molecule has 1 unspecified atom stereocenters. The van der Waals surface area contributed by atoms with Gasteiger partial charge in [0.15, 0.2) is 11.8 Å². The van der Waals surface area contributed by atoms with Crippen molar-refractivity contribution in [3.8, 4) is 16.3 Å². The molecule has 0 saturated heterocycles. The van der Waals surface area contributed by atoms with E-state index in [9.17, 15) is 9.59 Å². The Hall–Kier alpha value is -4.30. The number of pyridine rings is 1. The summed E-state index contributed by atoms with van der Waals surface area (Å²) in [6.07, 6.45) is 0.849. The standard InChI is InChI=1S/C30H26N4O3S/c1-19-27-23(30(36)37-20(2)29(35)33-16-8-11-21-10-6-7-14-25(21)33)18-24(26-15-9-17-38-26)31-28(27)34(32-19)22-12-4-3-5-13-22/h3-7,9-10,12-15,17-18,20H,8,11,16H2,1-2H3. The molecule has 0 N–H and O–H groups in total. The molecule has 1 aliphatic heterocycles. The van der Waals surface area contributed by atoms with Gasteiger partial charge >= 0.3 is 5.97 Å². The predicted molar refractivity (Wildman–Crippen MR) is 149 cm³/mol. The van der Waals surface area contributed by atoms with Gasteiger partial charge in [0.25, 0.3) is 5.91 Å². The molecule has 0 fully saturated rings. The third kappa shape index (κ3) is 4.26. The molecule has 0 aliphatic carbocycles. The number of ether oxygens (including phenoxy) is 1. The number of hydrogen-bond donors (Lipinski definition) is 0. The molecule has 1 aliphatic rings. The SMILES string of the molecule is Cc1nn(-c2ccccc2)c2nc(-c3cccs3)cc(C(=O)OC(C)C(=O)N3CCCc4ccccc43)c12. The van der Waals surface area contributed by atoms with E-state index >= 15 is 0 Å². The number of esters is 1. The van der Waals surface area contributed by atoms with E-state index in [1.165, 1.54) is 11.3 Å². The molecular formula is C30H26N4O3S. The second-order valence-electron chi connectivity index (χ2n) is 9.33. The van der Waals surface area contributed by atoms with Gasteiger partial charge in [-0.2, -0.15) is 5.10 Å². The number of hydrogen-bond acceptors (Lipinski definition) is 6. The van der Waals surface area contributed by atoms with Gasteiger partial charge in [-0.1, -0.05) is 42.5 Å². The summed E-state index contributed by atoms with van der Waals surface area (Å²) in [5, 5.41) is 7.29. The maximum Gasteiger partial charge on any atom is 0.339 e. The van der Waals surface area contributed by atoms with E-state index < -0.39 is 12.1 Å². The number of anilines is 1. The van der Waals surface area contributed by atoms with Crippen LogP contribution in [0.3, 0.4) is 0 Å². The molecule has 2 aromatic carbocycles. The molecule has 7 nitrogen and oxygen atoms in total. The van der Waals surface area contributed by atoms with Gasteiger partial charge in [-0.25, -0.2) is 14.5 Å². The normalized spacial score (nSPS) is 13.8. The highest BCUT2D eigenvalue weighted by atomic mass is 32.1. The van der Waals surface area contributed by atoms with Crippen LogP contribution in [-0.4, -0.2) is 39.3 Å². The van der Waals surface area contributed by atoms with Crippen molar-refractivity contribution in [2.45, 2.75) is 32.8 Å². The summed E-state index contributed by atoms with van der Waals surface area (Å²) < 4.78 is 7.57. The summed E-state index contributed by atoms with van der Waals surface area (Å²) in [5.74, 6) is -0.803. The zero-order valence-corrected chi connectivity index (χ0v) is 21.9. The summed E-state index contributed by atoms with van der Waals surface area (Å²) >= 11 is 1.54. The van der Waals surface area contributed by atoms with Crippen molar-refractivity contribution in [3.63, 3.8) is 0 Å². The Morgan fingerprint density at radius 3 is 2.61 bits per heavy atom. The molecule has 8 heteroatoms. The number of aromatic nitrogens is 3. The van der Waals surface area contributed by atoms with E-state index in [-0.39, 0.29) is 5.91 Å². The number of carbonyl (C=O) groups excluding carboxylic acids is 2. The van der Waals surface area contributed by atoms with Gasteiger partial charge < -0.3 is 9.64 Å². The number of fused-ring (bicyclic) bond motifs is 2. The fourth-order valence-corrected chi connectivity index (χ4v) is 5.69. The first-order valence-corrected chi connectivity index (χ1v) is 13.5. The van der Waals surface area contributed by atoms with E-state index in [1.54, 1.807) is 22.6 Å². The number of carbonyl (C=O) groups is 2. The maximum absolute atomic E-state index is 13.7. The Bertz CT molecular complexity index is 1640. The fourth-order valence-electron chi connectivity index (χ4n) is 5.01. The minimum atomic E-state index is -0.952. The van der Waals surface area contributed by atoms with E-state index in [2.05, 4.69) is 0 Å². The van der Waals surface area contributed by atoms with Crippen LogP contribution in [0.4, 0.5) is 5.69 Å². The summed E-state index contributed by atoms with van der Waals surface area (Å²) in [4.78, 5) is 34.6. The Labute approximate surface area is 224 Å². The molecule has 4 heterocycles. The third-order valence-electron chi connectivity index (χ3n) is 6.81. The van der Waals surface area contributed by atoms with Crippen molar-refractivity contribution in [2.24, 2.45) is 0 Å². The van der Waals surface area contributed by atoms with Gasteiger partial charge in [-0.15, -0.1) is 11.3 Å². The summed E-state index contributed by atoms with van der Waals surface area (Å²) in [5.41, 5.74) is 5.08. The molecule has 190 valence electrons. The van der Waals surface area contributed by atoms with Crippen LogP contribution in [0.1, 0.15) is 35.0 Å². The lowest BCUT2D eigenvalue weighted by molar-refractivity contribution is -0.126. The van der Waals surface area contributed by atoms with Crippen LogP contribution < -0.4 is 4.90 Å². The van der Waals surface area contributed by atoms with Gasteiger partial charge in [0.05, 0.1) is 32.9 Å². The van der Waals surface area contributed by atoms with Crippen molar-refractivity contribution >= 4 is 39.9 Å². The average molecular weight is 523 g/mol. The molecule has 0 radical (unpaired) electrons. The van der Waals surface area contributed by atoms with Crippen molar-refractivity contribution in [1.82, 2.24) is 14.8 Å². The van der Waals surface area contributed by atoms with Crippen molar-refractivity contribution in [2.75, 3.05) is 11.4 Å². The number of nitrogens with zero attached hydrogens (tertiary/aromatic N) is 4. The Balaban J connectivity index is 1.38. The molecule has 0 saturated carbocycles. The summed E-state index contributed by atoms with van der Waals surface area (Å²) in [7, 11) is 0. The largest absolute Gasteiger partial charge is 0.449 e. The number of thiophene rings is 1. The Morgan fingerprint density at radius 1 is 1.03 bits per heavy atom. The fraction of sp³-hybridized carbons (Fsp3) is 0.200. The number of para-hydroxylation sites is 2. The van der Waals surface area contributed by atoms with Crippen molar-refractivity contribution < 1.29 is 14.3 Å². The first kappa shape index (κ1) is 24.1. The summed E-state index contributed by atoms with van der Waals surface area (Å²) in [6, 6.07) is 23.2. The minimum absolute atomic E-state index is 0.231. The van der Waals surface area contributed by atoms with Crippen LogP contribution in [0.25, 0.3) is 27.3 Å². The molecule has 6 rings (SSSR count). The second kappa shape index (κ2) is 9.87. The van der Waals surface area contributed by atoms with Crippen LogP contribution in [-0.2, 0) is 16.0 Å². The molecule has 1 atom stereocenters. The maximum atomic E-state index is 13.7. The van der Waals surface area contributed by atoms with Crippen molar-refractivity contribution in [3.05, 3.63) is 95.0 Å². The predicted octanol–water partition coefficient (Wildman–Crippen LogP) is 5.98. The van der Waals surface area contributed by atoms with Crippen LogP contribution in [0.2, 0.25) is 0 Å². The Morgan fingerprint density at radius 2 is 1.82 bits per heavy atom. The number of amides is 1. The van der Waals surface area contributed by atoms with Crippen molar-refractivity contribution in [1.29, 1.82) is 0 Å². The molecule has 5 aromatic rings. The number of aryl methyl sites for hydroxylation is 2. The zero-order chi connectivity index (χ0) is 26.2. The quantitative estimate of drug-likeness (QED) is 0.265. The smallest absolute Gasteiger partial charge is 0.339 e.